The Morgan fingerprint density at radius 2 is 1.95 bits per heavy atom. The van der Waals surface area contributed by atoms with Crippen molar-refractivity contribution in [3.63, 3.8) is 0 Å². The second kappa shape index (κ2) is 10.0. The molecule has 0 amide bonds. The molecule has 0 aliphatic heterocycles. The van der Waals surface area contributed by atoms with Crippen molar-refractivity contribution < 1.29 is 27.5 Å². The van der Waals surface area contributed by atoms with Gasteiger partial charge in [-0.15, -0.1) is 10.2 Å². The van der Waals surface area contributed by atoms with E-state index >= 15 is 0 Å². The number of carboxylic acids is 1. The minimum atomic E-state index is -4.89. The van der Waals surface area contributed by atoms with Crippen LogP contribution in [0.1, 0.15) is 47.3 Å². The predicted octanol–water partition coefficient (Wildman–Crippen LogP) is 6.35. The molecule has 2 aromatic carbocycles. The zero-order chi connectivity index (χ0) is 27.0. The summed E-state index contributed by atoms with van der Waals surface area (Å²) in [6.45, 7) is 1.79. The number of nitrogens with zero attached hydrogens (tertiary/aromatic N) is 5. The summed E-state index contributed by atoms with van der Waals surface area (Å²) in [6.07, 6.45) is -3.37. The molecule has 5 rings (SSSR count). The smallest absolute Gasteiger partial charge is 0.435 e. The number of H-pyrrole nitrogens is 1. The zero-order valence-corrected chi connectivity index (χ0v) is 21.5. The van der Waals surface area contributed by atoms with E-state index in [2.05, 4.69) is 41.5 Å². The van der Waals surface area contributed by atoms with Crippen LogP contribution in [0.5, 0.6) is 0 Å². The molecule has 0 aliphatic carbocycles. The van der Waals surface area contributed by atoms with Crippen molar-refractivity contribution in [2.75, 3.05) is 0 Å². The van der Waals surface area contributed by atoms with Gasteiger partial charge in [-0.1, -0.05) is 43.7 Å². The zero-order valence-electron chi connectivity index (χ0n) is 19.9. The number of hydrogen-bond acceptors (Lipinski definition) is 6. The van der Waals surface area contributed by atoms with Crippen molar-refractivity contribution in [2.24, 2.45) is 0 Å². The first-order chi connectivity index (χ1) is 18.2. The number of nitrogens with one attached hydrogen (secondary N) is 1. The molecule has 0 aliphatic rings. The second-order valence-corrected chi connectivity index (χ2v) is 9.37. The topological polar surface area (TPSA) is 123 Å². The lowest BCUT2D eigenvalue weighted by Crippen LogP contribution is -2.17. The Bertz CT molecular complexity index is 1630. The number of halogens is 4. The molecule has 0 fully saturated rings. The highest BCUT2D eigenvalue weighted by molar-refractivity contribution is 9.10. The van der Waals surface area contributed by atoms with Crippen LogP contribution in [-0.2, 0) is 19.1 Å². The van der Waals surface area contributed by atoms with E-state index in [0.29, 0.717) is 50.1 Å². The van der Waals surface area contributed by atoms with E-state index in [4.69, 9.17) is 4.42 Å². The van der Waals surface area contributed by atoms with Crippen LogP contribution in [0.25, 0.3) is 33.7 Å². The number of alkyl halides is 3. The molecule has 9 nitrogen and oxygen atoms in total. The van der Waals surface area contributed by atoms with Gasteiger partial charge in [0.2, 0.25) is 5.82 Å². The van der Waals surface area contributed by atoms with Crippen molar-refractivity contribution in [1.29, 1.82) is 0 Å². The fourth-order valence-electron chi connectivity index (χ4n) is 4.33. The molecular weight excluding hydrogens is 569 g/mol. The van der Waals surface area contributed by atoms with Crippen LogP contribution in [0.2, 0.25) is 0 Å². The maximum absolute atomic E-state index is 13.7. The van der Waals surface area contributed by atoms with Crippen LogP contribution in [0.15, 0.2) is 51.4 Å². The monoisotopic (exact) mass is 588 g/mol. The fraction of sp³-hybridized carbons (Fsp3) is 0.240. The Hall–Kier alpha value is -4.00. The van der Waals surface area contributed by atoms with Crippen molar-refractivity contribution in [3.8, 4) is 22.7 Å². The summed E-state index contributed by atoms with van der Waals surface area (Å²) in [5.41, 5.74) is 0.254. The van der Waals surface area contributed by atoms with Crippen LogP contribution in [0, 0.1) is 0 Å². The molecule has 0 bridgehead atoms. The number of aromatic carboxylic acids is 1. The third-order valence-corrected chi connectivity index (χ3v) is 6.85. The summed E-state index contributed by atoms with van der Waals surface area (Å²) in [6, 6.07) is 12.5. The molecule has 13 heteroatoms. The number of aromatic amines is 1. The molecule has 0 radical (unpaired) electrons. The Balaban J connectivity index is 1.59. The number of hydrogen-bond donors (Lipinski definition) is 2. The van der Waals surface area contributed by atoms with Gasteiger partial charge in [-0.25, -0.2) is 9.78 Å². The molecule has 0 saturated heterocycles. The number of unbranched alkanes of at least 4 members (excludes halogenated alkanes) is 1. The van der Waals surface area contributed by atoms with Gasteiger partial charge >= 0.3 is 12.1 Å². The van der Waals surface area contributed by atoms with Crippen molar-refractivity contribution >= 4 is 32.9 Å². The minimum absolute atomic E-state index is 0.0812. The van der Waals surface area contributed by atoms with Crippen molar-refractivity contribution in [2.45, 2.75) is 38.9 Å². The van der Waals surface area contributed by atoms with Crippen LogP contribution >= 0.6 is 15.9 Å². The van der Waals surface area contributed by atoms with Crippen molar-refractivity contribution in [1.82, 2.24) is 30.2 Å². The van der Waals surface area contributed by atoms with Gasteiger partial charge in [-0.3, -0.25) is 0 Å². The van der Waals surface area contributed by atoms with E-state index in [-0.39, 0.29) is 18.8 Å². The van der Waals surface area contributed by atoms with Gasteiger partial charge in [0.25, 0.3) is 0 Å². The van der Waals surface area contributed by atoms with Crippen LogP contribution < -0.4 is 0 Å². The van der Waals surface area contributed by atoms with Crippen LogP contribution in [0.4, 0.5) is 13.2 Å². The van der Waals surface area contributed by atoms with Gasteiger partial charge in [0.1, 0.15) is 17.2 Å². The normalized spacial score (nSPS) is 11.9. The number of benzene rings is 2. The number of furan rings is 1. The molecule has 5 aromatic rings. The first-order valence-electron chi connectivity index (χ1n) is 11.6. The number of tetrazole rings is 1. The molecule has 0 spiro atoms. The first-order valence-corrected chi connectivity index (χ1v) is 12.4. The summed E-state index contributed by atoms with van der Waals surface area (Å²) in [5, 5.41) is 24.5. The summed E-state index contributed by atoms with van der Waals surface area (Å²) in [5.74, 6) is -0.708. The molecule has 0 unspecified atom stereocenters. The van der Waals surface area contributed by atoms with E-state index in [1.54, 1.807) is 18.2 Å². The lowest BCUT2D eigenvalue weighted by atomic mass is 10.0. The maximum Gasteiger partial charge on any atom is 0.435 e. The summed E-state index contributed by atoms with van der Waals surface area (Å²) in [7, 11) is 0. The number of carbonyl (C=O) groups is 1. The van der Waals surface area contributed by atoms with E-state index in [1.165, 1.54) is 0 Å². The Morgan fingerprint density at radius 1 is 1.18 bits per heavy atom. The number of aryl methyl sites for hydroxylation is 1. The average molecular weight is 589 g/mol. The number of carboxylic acid groups (broad SMARTS) is 1. The predicted molar refractivity (Wildman–Crippen MR) is 134 cm³/mol. The van der Waals surface area contributed by atoms with Crippen LogP contribution in [-0.4, -0.2) is 41.3 Å². The highest BCUT2D eigenvalue weighted by atomic mass is 79.9. The Kier molecular flexibility index (Phi) is 6.78. The summed E-state index contributed by atoms with van der Waals surface area (Å²) >= 11 is 3.60. The molecule has 3 aromatic heterocycles. The maximum atomic E-state index is 13.7. The quantitative estimate of drug-likeness (QED) is 0.216. The number of imidazole rings is 1. The molecule has 3 heterocycles. The van der Waals surface area contributed by atoms with Gasteiger partial charge in [0.15, 0.2) is 11.4 Å². The van der Waals surface area contributed by atoms with Gasteiger partial charge in [0, 0.05) is 29.5 Å². The Morgan fingerprint density at radius 3 is 2.61 bits per heavy atom. The van der Waals surface area contributed by atoms with Gasteiger partial charge in [0.05, 0.1) is 4.47 Å². The lowest BCUT2D eigenvalue weighted by molar-refractivity contribution is -0.141. The molecular formula is C25H20BrF3N6O3. The molecule has 196 valence electrons. The standard InChI is InChI=1S/C25H20BrF3N6O3/c1-2-3-8-18-30-22(25(27,28)29)20(24(36)37)35(18)12-13-9-10-17-16(11-13)19(26)21(38-17)14-6-4-5-7-15(14)23-31-33-34-32-23/h4-7,9-11H,2-3,8,12H2,1H3,(H,36,37)(H,31,32,33,34). The van der Waals surface area contributed by atoms with Gasteiger partial charge in [-0.2, -0.15) is 18.4 Å². The van der Waals surface area contributed by atoms with E-state index in [9.17, 15) is 23.1 Å². The number of fused-ring (bicyclic) bond motifs is 1. The highest BCUT2D eigenvalue weighted by Gasteiger charge is 2.41. The van der Waals surface area contributed by atoms with E-state index in [1.807, 2.05) is 31.2 Å². The third kappa shape index (κ3) is 4.69. The SMILES string of the molecule is CCCCc1nc(C(F)(F)F)c(C(=O)O)n1Cc1ccc2oc(-c3ccccc3-c3nn[nH]n3)c(Br)c2c1. The average Bonchev–Trinajstić information content (AvgIpc) is 3.61. The third-order valence-electron chi connectivity index (χ3n) is 6.06. The minimum Gasteiger partial charge on any atom is -0.477 e. The molecule has 0 atom stereocenters. The summed E-state index contributed by atoms with van der Waals surface area (Å²) < 4.78 is 48.8. The number of rotatable bonds is 8. The van der Waals surface area contributed by atoms with E-state index < -0.39 is 23.5 Å². The molecule has 38 heavy (non-hydrogen) atoms. The highest BCUT2D eigenvalue weighted by Crippen LogP contribution is 2.41. The summed E-state index contributed by atoms with van der Waals surface area (Å²) in [4.78, 5) is 15.6. The lowest BCUT2D eigenvalue weighted by Gasteiger charge is -2.11. The molecule has 0 saturated carbocycles. The molecule has 2 N–H and O–H groups in total. The second-order valence-electron chi connectivity index (χ2n) is 8.57. The van der Waals surface area contributed by atoms with Gasteiger partial charge < -0.3 is 14.1 Å². The largest absolute Gasteiger partial charge is 0.477 e. The Labute approximate surface area is 221 Å². The van der Waals surface area contributed by atoms with E-state index in [0.717, 1.165) is 11.0 Å². The van der Waals surface area contributed by atoms with Crippen LogP contribution in [0.3, 0.4) is 0 Å². The van der Waals surface area contributed by atoms with Gasteiger partial charge in [-0.05, 0) is 45.3 Å². The van der Waals surface area contributed by atoms with Crippen molar-refractivity contribution in [3.05, 3.63) is 69.7 Å². The fourth-order valence-corrected chi connectivity index (χ4v) is 4.93. The first kappa shape index (κ1) is 25.6. The number of aromatic nitrogens is 6.